The molecular formula is C23H25N3O2S. The average Bonchev–Trinajstić information content (AvgIpc) is 3.49. The van der Waals surface area contributed by atoms with Gasteiger partial charge >= 0.3 is 0 Å². The molecule has 3 N–H and O–H groups in total. The molecule has 6 heteroatoms. The number of benzene rings is 1. The van der Waals surface area contributed by atoms with Crippen molar-refractivity contribution in [2.24, 2.45) is 5.73 Å². The molecule has 0 radical (unpaired) electrons. The number of nitrogens with two attached hydrogens (primary N) is 1. The van der Waals surface area contributed by atoms with Crippen LogP contribution in [0.1, 0.15) is 53.2 Å². The van der Waals surface area contributed by atoms with E-state index in [0.29, 0.717) is 24.7 Å². The number of rotatable bonds is 6. The topological polar surface area (TPSA) is 79.2 Å². The molecule has 1 aliphatic heterocycles. The third-order valence-corrected chi connectivity index (χ3v) is 6.41. The largest absolute Gasteiger partial charge is 0.354 e. The summed E-state index contributed by atoms with van der Waals surface area (Å²) in [6.45, 7) is 7.27. The third-order valence-electron chi connectivity index (χ3n) is 5.49. The summed E-state index contributed by atoms with van der Waals surface area (Å²) in [7, 11) is 0. The van der Waals surface area contributed by atoms with Crippen LogP contribution in [-0.4, -0.2) is 22.7 Å². The molecule has 0 spiro atoms. The number of aromatic amines is 1. The van der Waals surface area contributed by atoms with E-state index in [9.17, 15) is 9.59 Å². The van der Waals surface area contributed by atoms with Gasteiger partial charge < -0.3 is 10.6 Å². The first kappa shape index (κ1) is 19.6. The first-order valence-electron chi connectivity index (χ1n) is 9.89. The fraction of sp³-hybridized carbons (Fsp3) is 0.304. The first-order chi connectivity index (χ1) is 14.0. The highest BCUT2D eigenvalue weighted by atomic mass is 32.1. The van der Waals surface area contributed by atoms with E-state index < -0.39 is 0 Å². The minimum Gasteiger partial charge on any atom is -0.354 e. The summed E-state index contributed by atoms with van der Waals surface area (Å²) in [6.07, 6.45) is 8.97. The number of fused-ring (bicyclic) bond motifs is 2. The lowest BCUT2D eigenvalue weighted by atomic mass is 9.95. The highest BCUT2D eigenvalue weighted by molar-refractivity contribution is 7.10. The zero-order valence-electron chi connectivity index (χ0n) is 16.5. The first-order valence-corrected chi connectivity index (χ1v) is 10.7. The average molecular weight is 408 g/mol. The molecule has 0 atom stereocenters. The van der Waals surface area contributed by atoms with Crippen molar-refractivity contribution < 1.29 is 4.79 Å². The molecule has 1 aromatic carbocycles. The molecule has 1 saturated carbocycles. The molecule has 2 aromatic rings. The number of hydrogen-bond donors (Lipinski definition) is 2. The lowest BCUT2D eigenvalue weighted by Gasteiger charge is -2.22. The number of carbonyl (C=O) groups excluding carboxylic acids is 1. The van der Waals surface area contributed by atoms with Gasteiger partial charge in [0.1, 0.15) is 10.6 Å². The predicted molar refractivity (Wildman–Crippen MR) is 120 cm³/mol. The molecule has 0 saturated heterocycles. The van der Waals surface area contributed by atoms with E-state index in [1.165, 1.54) is 17.1 Å². The summed E-state index contributed by atoms with van der Waals surface area (Å²) < 4.78 is 2.74. The van der Waals surface area contributed by atoms with E-state index >= 15 is 0 Å². The Hall–Kier alpha value is -2.70. The zero-order chi connectivity index (χ0) is 20.5. The van der Waals surface area contributed by atoms with Crippen molar-refractivity contribution in [3.8, 4) is 0 Å². The predicted octanol–water partition coefficient (Wildman–Crippen LogP) is 4.01. The van der Waals surface area contributed by atoms with E-state index in [0.717, 1.165) is 41.0 Å². The number of allylic oxidation sites excluding steroid dienone is 4. The molecule has 150 valence electrons. The maximum atomic E-state index is 13.1. The minimum atomic E-state index is -0.287. The van der Waals surface area contributed by atoms with Gasteiger partial charge in [0.2, 0.25) is 5.78 Å². The SMILES string of the molecule is C=C/C(=C\C=C(/C)CCN)c1ccc2c(c1)CN(C1CC1)c1s[nH]c(=O)c1C2=O. The Bertz CT molecular complexity index is 1090. The summed E-state index contributed by atoms with van der Waals surface area (Å²) in [5, 5.41) is 0.778. The van der Waals surface area contributed by atoms with Crippen LogP contribution in [0.2, 0.25) is 0 Å². The van der Waals surface area contributed by atoms with Crippen molar-refractivity contribution in [1.29, 1.82) is 0 Å². The smallest absolute Gasteiger partial charge is 0.271 e. The number of hydrogen-bond acceptors (Lipinski definition) is 5. The third kappa shape index (κ3) is 3.78. The van der Waals surface area contributed by atoms with E-state index in [-0.39, 0.29) is 16.9 Å². The van der Waals surface area contributed by atoms with Crippen LogP contribution < -0.4 is 16.2 Å². The molecule has 29 heavy (non-hydrogen) atoms. The standard InChI is InChI=1S/C23H25N3O2S/c1-3-15(5-4-14(2)10-11-24)16-6-9-19-17(12-16)13-26(18-7-8-18)23-20(21(19)27)22(28)25-29-23/h3-6,9,12,18H,1,7-8,10-11,13,24H2,2H3,(H,25,28)/b14-4+,15-5+. The van der Waals surface area contributed by atoms with Crippen LogP contribution in [0.15, 0.2) is 53.4 Å². The second-order valence-electron chi connectivity index (χ2n) is 7.65. The van der Waals surface area contributed by atoms with Crippen molar-refractivity contribution in [3.63, 3.8) is 0 Å². The molecule has 0 amide bonds. The lowest BCUT2D eigenvalue weighted by molar-refractivity contribution is 0.103. The van der Waals surface area contributed by atoms with Gasteiger partial charge in [-0.2, -0.15) is 0 Å². The van der Waals surface area contributed by atoms with Gasteiger partial charge in [-0.3, -0.25) is 14.0 Å². The summed E-state index contributed by atoms with van der Waals surface area (Å²) in [6, 6.07) is 6.24. The van der Waals surface area contributed by atoms with Crippen molar-refractivity contribution in [2.75, 3.05) is 11.4 Å². The molecule has 1 fully saturated rings. The number of ketones is 1. The van der Waals surface area contributed by atoms with Crippen molar-refractivity contribution in [1.82, 2.24) is 4.37 Å². The second kappa shape index (κ2) is 7.97. The minimum absolute atomic E-state index is 0.185. The van der Waals surface area contributed by atoms with Gasteiger partial charge in [0.25, 0.3) is 5.56 Å². The zero-order valence-corrected chi connectivity index (χ0v) is 17.3. The molecule has 0 unspecified atom stereocenters. The number of aromatic nitrogens is 1. The van der Waals surface area contributed by atoms with Crippen LogP contribution in [0.5, 0.6) is 0 Å². The van der Waals surface area contributed by atoms with Crippen LogP contribution in [0.25, 0.3) is 5.57 Å². The van der Waals surface area contributed by atoms with Crippen molar-refractivity contribution >= 4 is 27.9 Å². The molecule has 0 bridgehead atoms. The van der Waals surface area contributed by atoms with Gasteiger partial charge in [0, 0.05) is 18.2 Å². The van der Waals surface area contributed by atoms with E-state index in [1.807, 2.05) is 24.3 Å². The summed E-state index contributed by atoms with van der Waals surface area (Å²) >= 11 is 1.27. The summed E-state index contributed by atoms with van der Waals surface area (Å²) in [5.41, 5.74) is 10.4. The van der Waals surface area contributed by atoms with Gasteiger partial charge in [-0.05, 0) is 67.0 Å². The van der Waals surface area contributed by atoms with Gasteiger partial charge in [-0.25, -0.2) is 0 Å². The Morgan fingerprint density at radius 1 is 1.34 bits per heavy atom. The Morgan fingerprint density at radius 2 is 2.14 bits per heavy atom. The number of nitrogens with one attached hydrogen (secondary N) is 1. The quantitative estimate of drug-likeness (QED) is 0.709. The molecular weight excluding hydrogens is 382 g/mol. The molecule has 1 aromatic heterocycles. The second-order valence-corrected chi connectivity index (χ2v) is 8.45. The van der Waals surface area contributed by atoms with Crippen LogP contribution in [0.3, 0.4) is 0 Å². The Labute approximate surface area is 174 Å². The van der Waals surface area contributed by atoms with Crippen molar-refractivity contribution in [2.45, 2.75) is 38.8 Å². The summed E-state index contributed by atoms with van der Waals surface area (Å²) in [5.74, 6) is -0.185. The molecule has 5 nitrogen and oxygen atoms in total. The number of nitrogens with zero attached hydrogens (tertiary/aromatic N) is 1. The Morgan fingerprint density at radius 3 is 2.83 bits per heavy atom. The Kier molecular flexibility index (Phi) is 5.39. The van der Waals surface area contributed by atoms with Gasteiger partial charge in [-0.15, -0.1) is 0 Å². The number of carbonyl (C=O) groups is 1. The van der Waals surface area contributed by atoms with Crippen LogP contribution in [0, 0.1) is 0 Å². The van der Waals surface area contributed by atoms with Crippen LogP contribution in [-0.2, 0) is 6.54 Å². The summed E-state index contributed by atoms with van der Waals surface area (Å²) in [4.78, 5) is 27.7. The van der Waals surface area contributed by atoms with E-state index in [4.69, 9.17) is 5.73 Å². The molecule has 4 rings (SSSR count). The monoisotopic (exact) mass is 407 g/mol. The maximum absolute atomic E-state index is 13.1. The van der Waals surface area contributed by atoms with E-state index in [2.05, 4.69) is 34.9 Å². The normalized spacial score (nSPS) is 17.0. The van der Waals surface area contributed by atoms with Crippen LogP contribution in [0.4, 0.5) is 5.00 Å². The molecule has 2 aliphatic rings. The lowest BCUT2D eigenvalue weighted by Crippen LogP contribution is -2.24. The molecule has 2 heterocycles. The highest BCUT2D eigenvalue weighted by Gasteiger charge is 2.37. The van der Waals surface area contributed by atoms with Gasteiger partial charge in [0.15, 0.2) is 0 Å². The van der Waals surface area contributed by atoms with Gasteiger partial charge in [-0.1, -0.05) is 42.5 Å². The number of anilines is 1. The fourth-order valence-electron chi connectivity index (χ4n) is 3.72. The van der Waals surface area contributed by atoms with Crippen LogP contribution >= 0.6 is 11.5 Å². The number of H-pyrrole nitrogens is 1. The maximum Gasteiger partial charge on any atom is 0.271 e. The highest BCUT2D eigenvalue weighted by Crippen LogP contribution is 2.39. The Balaban J connectivity index is 1.76. The van der Waals surface area contributed by atoms with Gasteiger partial charge in [0.05, 0.1) is 0 Å². The fourth-order valence-corrected chi connectivity index (χ4v) is 4.63. The van der Waals surface area contributed by atoms with E-state index in [1.54, 1.807) is 0 Å². The molecule has 1 aliphatic carbocycles. The van der Waals surface area contributed by atoms with Crippen molar-refractivity contribution in [3.05, 3.63) is 81.2 Å².